The number of hydrogen-bond donors (Lipinski definition) is 2. The van der Waals surface area contributed by atoms with Crippen molar-refractivity contribution in [2.45, 2.75) is 49.0 Å². The zero-order valence-electron chi connectivity index (χ0n) is 10.9. The van der Waals surface area contributed by atoms with Crippen LogP contribution in [0.25, 0.3) is 0 Å². The fraction of sp³-hybridized carbons (Fsp3) is 0.538. The Balaban J connectivity index is 1.84. The second kappa shape index (κ2) is 5.38. The minimum Gasteiger partial charge on any atom is -0.373 e. The highest BCUT2D eigenvalue weighted by Gasteiger charge is 2.42. The highest BCUT2D eigenvalue weighted by Crippen LogP contribution is 2.35. The molecule has 0 aliphatic carbocycles. The van der Waals surface area contributed by atoms with E-state index in [1.165, 1.54) is 0 Å². The maximum atomic E-state index is 12.5. The van der Waals surface area contributed by atoms with E-state index < -0.39 is 10.0 Å². The van der Waals surface area contributed by atoms with Crippen LogP contribution in [0.1, 0.15) is 24.8 Å². The molecule has 1 aromatic rings. The molecule has 0 aromatic heterocycles. The zero-order valence-corrected chi connectivity index (χ0v) is 13.3. The molecule has 1 aromatic carbocycles. The lowest BCUT2D eigenvalue weighted by Crippen LogP contribution is -2.41. The molecule has 2 heterocycles. The van der Waals surface area contributed by atoms with Crippen molar-refractivity contribution < 1.29 is 13.2 Å². The molecular formula is C13H17BrN2O3S. The van der Waals surface area contributed by atoms with Gasteiger partial charge in [-0.3, -0.25) is 0 Å². The van der Waals surface area contributed by atoms with Gasteiger partial charge in [0.15, 0.2) is 0 Å². The highest BCUT2D eigenvalue weighted by molar-refractivity contribution is 9.10. The van der Waals surface area contributed by atoms with Crippen molar-refractivity contribution in [2.75, 3.05) is 0 Å². The summed E-state index contributed by atoms with van der Waals surface area (Å²) in [4.78, 5) is 0.239. The molecule has 3 N–H and O–H groups in total. The third-order valence-corrected chi connectivity index (χ3v) is 6.42. The maximum absolute atomic E-state index is 12.5. The van der Waals surface area contributed by atoms with Gasteiger partial charge in [-0.2, -0.15) is 0 Å². The first kappa shape index (κ1) is 14.5. The van der Waals surface area contributed by atoms with Gasteiger partial charge in [0, 0.05) is 11.0 Å². The monoisotopic (exact) mass is 360 g/mol. The number of ether oxygens (including phenoxy) is 1. The molecule has 0 spiro atoms. The highest BCUT2D eigenvalue weighted by atomic mass is 79.9. The molecule has 3 unspecified atom stereocenters. The Kier molecular flexibility index (Phi) is 3.89. The van der Waals surface area contributed by atoms with Gasteiger partial charge in [-0.15, -0.1) is 0 Å². The molecule has 20 heavy (non-hydrogen) atoms. The van der Waals surface area contributed by atoms with Crippen molar-refractivity contribution in [2.24, 2.45) is 5.73 Å². The van der Waals surface area contributed by atoms with Gasteiger partial charge in [-0.05, 0) is 52.9 Å². The van der Waals surface area contributed by atoms with Gasteiger partial charge in [0.2, 0.25) is 10.0 Å². The molecule has 2 fully saturated rings. The van der Waals surface area contributed by atoms with E-state index in [1.807, 2.05) is 6.07 Å². The second-order valence-corrected chi connectivity index (χ2v) is 7.84. The molecular weight excluding hydrogens is 344 g/mol. The van der Waals surface area contributed by atoms with Crippen molar-refractivity contribution in [3.8, 4) is 0 Å². The number of hydrogen-bond acceptors (Lipinski definition) is 4. The Labute approximate surface area is 127 Å². The van der Waals surface area contributed by atoms with Crippen LogP contribution >= 0.6 is 15.9 Å². The molecule has 3 atom stereocenters. The van der Waals surface area contributed by atoms with Crippen LogP contribution in [0, 0.1) is 0 Å². The van der Waals surface area contributed by atoms with E-state index in [9.17, 15) is 8.42 Å². The molecule has 2 saturated heterocycles. The number of rotatable bonds is 4. The Morgan fingerprint density at radius 3 is 2.80 bits per heavy atom. The second-order valence-electron chi connectivity index (χ2n) is 5.31. The number of benzene rings is 1. The summed E-state index contributed by atoms with van der Waals surface area (Å²) in [6, 6.07) is 5.02. The average molecular weight is 361 g/mol. The Morgan fingerprint density at radius 2 is 2.20 bits per heavy atom. The first-order valence-corrected chi connectivity index (χ1v) is 8.93. The smallest absolute Gasteiger partial charge is 0.242 e. The van der Waals surface area contributed by atoms with E-state index in [0.29, 0.717) is 11.0 Å². The minimum absolute atomic E-state index is 0.0197. The van der Waals surface area contributed by atoms with Crippen LogP contribution in [0.5, 0.6) is 0 Å². The zero-order chi connectivity index (χ0) is 14.3. The van der Waals surface area contributed by atoms with Crippen LogP contribution < -0.4 is 10.5 Å². The van der Waals surface area contributed by atoms with Gasteiger partial charge in [-0.25, -0.2) is 13.1 Å². The van der Waals surface area contributed by atoms with E-state index in [-0.39, 0.29) is 23.1 Å². The molecule has 5 nitrogen and oxygen atoms in total. The maximum Gasteiger partial charge on any atom is 0.242 e. The Morgan fingerprint density at radius 1 is 1.40 bits per heavy atom. The van der Waals surface area contributed by atoms with Crippen molar-refractivity contribution in [1.82, 2.24) is 4.72 Å². The van der Waals surface area contributed by atoms with Gasteiger partial charge in [-0.1, -0.05) is 6.07 Å². The standard InChI is InChI=1S/C13H17BrN2O3S/c14-10-3-1-8(7-15)5-13(10)20(17,18)16-11-6-9-2-4-12(11)19-9/h1,3,5,9,11-12,16H,2,4,6-7,15H2. The molecule has 2 aliphatic heterocycles. The van der Waals surface area contributed by atoms with Gasteiger partial charge < -0.3 is 10.5 Å². The van der Waals surface area contributed by atoms with Crippen molar-refractivity contribution >= 4 is 26.0 Å². The molecule has 2 bridgehead atoms. The normalized spacial score (nSPS) is 29.0. The summed E-state index contributed by atoms with van der Waals surface area (Å²) in [5.41, 5.74) is 6.36. The van der Waals surface area contributed by atoms with E-state index in [1.54, 1.807) is 12.1 Å². The van der Waals surface area contributed by atoms with E-state index in [0.717, 1.165) is 24.8 Å². The van der Waals surface area contributed by atoms with Crippen LogP contribution in [-0.2, 0) is 21.3 Å². The SMILES string of the molecule is NCc1ccc(Br)c(S(=O)(=O)NC2CC3CCC2O3)c1. The summed E-state index contributed by atoms with van der Waals surface area (Å²) in [5.74, 6) is 0. The summed E-state index contributed by atoms with van der Waals surface area (Å²) in [7, 11) is -3.56. The molecule has 110 valence electrons. The number of nitrogens with one attached hydrogen (secondary N) is 1. The quantitative estimate of drug-likeness (QED) is 0.852. The molecule has 0 radical (unpaired) electrons. The fourth-order valence-corrected chi connectivity index (χ4v) is 5.20. The minimum atomic E-state index is -3.56. The van der Waals surface area contributed by atoms with Gasteiger partial charge in [0.05, 0.1) is 23.1 Å². The summed E-state index contributed by atoms with van der Waals surface area (Å²) in [5, 5.41) is 0. The predicted octanol–water partition coefficient (Wildman–Crippen LogP) is 1.51. The van der Waals surface area contributed by atoms with Crippen molar-refractivity contribution in [3.05, 3.63) is 28.2 Å². The molecule has 0 amide bonds. The topological polar surface area (TPSA) is 81.4 Å². The molecule has 2 aliphatic rings. The van der Waals surface area contributed by atoms with Crippen LogP contribution in [0.4, 0.5) is 0 Å². The summed E-state index contributed by atoms with van der Waals surface area (Å²) < 4.78 is 34.0. The number of nitrogens with two attached hydrogens (primary N) is 1. The molecule has 3 rings (SSSR count). The first-order valence-electron chi connectivity index (χ1n) is 6.66. The van der Waals surface area contributed by atoms with Gasteiger partial charge in [0.25, 0.3) is 0 Å². The predicted molar refractivity (Wildman–Crippen MR) is 78.7 cm³/mol. The average Bonchev–Trinajstić information content (AvgIpc) is 3.01. The lowest BCUT2D eigenvalue weighted by molar-refractivity contribution is 0.0996. The van der Waals surface area contributed by atoms with Crippen LogP contribution in [0.15, 0.2) is 27.6 Å². The number of halogens is 1. The van der Waals surface area contributed by atoms with E-state index in [4.69, 9.17) is 10.5 Å². The van der Waals surface area contributed by atoms with Gasteiger partial charge >= 0.3 is 0 Å². The molecule has 7 heteroatoms. The van der Waals surface area contributed by atoms with Crippen molar-refractivity contribution in [3.63, 3.8) is 0 Å². The summed E-state index contributed by atoms with van der Waals surface area (Å²) >= 11 is 3.29. The third-order valence-electron chi connectivity index (χ3n) is 3.93. The summed E-state index contributed by atoms with van der Waals surface area (Å²) in [6.45, 7) is 0.313. The lowest BCUT2D eigenvalue weighted by atomic mass is 9.96. The first-order chi connectivity index (χ1) is 9.49. The third kappa shape index (κ3) is 2.65. The fourth-order valence-electron chi connectivity index (χ4n) is 2.91. The van der Waals surface area contributed by atoms with Crippen LogP contribution in [-0.4, -0.2) is 26.7 Å². The Bertz CT molecular complexity index is 620. The number of sulfonamides is 1. The summed E-state index contributed by atoms with van der Waals surface area (Å²) in [6.07, 6.45) is 2.97. The Hall–Kier alpha value is -0.470. The van der Waals surface area contributed by atoms with Crippen LogP contribution in [0.3, 0.4) is 0 Å². The molecule has 0 saturated carbocycles. The van der Waals surface area contributed by atoms with E-state index in [2.05, 4.69) is 20.7 Å². The van der Waals surface area contributed by atoms with Gasteiger partial charge in [0.1, 0.15) is 0 Å². The van der Waals surface area contributed by atoms with Crippen molar-refractivity contribution in [1.29, 1.82) is 0 Å². The lowest BCUT2D eigenvalue weighted by Gasteiger charge is -2.20. The van der Waals surface area contributed by atoms with Crippen LogP contribution in [0.2, 0.25) is 0 Å². The van der Waals surface area contributed by atoms with E-state index >= 15 is 0 Å². The number of fused-ring (bicyclic) bond motifs is 2. The largest absolute Gasteiger partial charge is 0.373 e.